The van der Waals surface area contributed by atoms with Crippen molar-refractivity contribution in [1.82, 2.24) is 0 Å². The molecule has 2 aromatic rings. The molecule has 0 spiro atoms. The van der Waals surface area contributed by atoms with E-state index in [0.29, 0.717) is 37.0 Å². The van der Waals surface area contributed by atoms with Gasteiger partial charge in [0.05, 0.1) is 25.6 Å². The number of aromatic hydroxyl groups is 2. The normalized spacial score (nSPS) is 17.8. The minimum absolute atomic E-state index is 0.0583. The molecule has 0 radical (unpaired) electrons. The van der Waals surface area contributed by atoms with E-state index < -0.39 is 23.8 Å². The number of methoxy groups -OCH3 is 2. The zero-order valence-electron chi connectivity index (χ0n) is 18.4. The molecule has 2 N–H and O–H groups in total. The number of phenolic OH excluding ortho intramolecular Hbond substituents is 2. The number of benzene rings is 2. The van der Waals surface area contributed by atoms with E-state index in [4.69, 9.17) is 14.2 Å². The van der Waals surface area contributed by atoms with Crippen molar-refractivity contribution in [3.63, 3.8) is 0 Å². The summed E-state index contributed by atoms with van der Waals surface area (Å²) in [5, 5.41) is 19.6. The van der Waals surface area contributed by atoms with Crippen molar-refractivity contribution < 1.29 is 43.5 Å². The third-order valence-corrected chi connectivity index (χ3v) is 5.55. The van der Waals surface area contributed by atoms with Gasteiger partial charge in [-0.2, -0.15) is 0 Å². The van der Waals surface area contributed by atoms with Gasteiger partial charge >= 0.3 is 17.9 Å². The van der Waals surface area contributed by atoms with Crippen molar-refractivity contribution >= 4 is 17.9 Å². The molecule has 9 nitrogen and oxygen atoms in total. The van der Waals surface area contributed by atoms with Gasteiger partial charge in [-0.3, -0.25) is 9.59 Å². The van der Waals surface area contributed by atoms with Crippen LogP contribution >= 0.6 is 0 Å². The number of carbonyl (C=O) groups excluding carboxylic acids is 3. The summed E-state index contributed by atoms with van der Waals surface area (Å²) < 4.78 is 20.4. The van der Waals surface area contributed by atoms with Gasteiger partial charge in [-0.25, -0.2) is 4.79 Å². The number of ether oxygens (including phenoxy) is 4. The molecule has 1 saturated carbocycles. The van der Waals surface area contributed by atoms with E-state index in [-0.39, 0.29) is 35.3 Å². The highest BCUT2D eigenvalue weighted by atomic mass is 16.5. The number of esters is 3. The van der Waals surface area contributed by atoms with Crippen LogP contribution in [0.2, 0.25) is 0 Å². The molecule has 9 heteroatoms. The Morgan fingerprint density at radius 1 is 0.818 bits per heavy atom. The highest BCUT2D eigenvalue weighted by Gasteiger charge is 2.32. The lowest BCUT2D eigenvalue weighted by atomic mass is 9.82. The monoisotopic (exact) mass is 458 g/mol. The van der Waals surface area contributed by atoms with Gasteiger partial charge in [-0.05, 0) is 62.1 Å². The Morgan fingerprint density at radius 3 is 1.85 bits per heavy atom. The van der Waals surface area contributed by atoms with E-state index in [2.05, 4.69) is 4.74 Å². The van der Waals surface area contributed by atoms with Gasteiger partial charge in [0.1, 0.15) is 28.6 Å². The molecule has 0 bridgehead atoms. The van der Waals surface area contributed by atoms with Crippen molar-refractivity contribution in [2.24, 2.45) is 11.8 Å². The summed E-state index contributed by atoms with van der Waals surface area (Å²) in [5.41, 5.74) is 0.413. The van der Waals surface area contributed by atoms with Gasteiger partial charge in [0.15, 0.2) is 0 Å². The maximum absolute atomic E-state index is 12.6. The average molecular weight is 458 g/mol. The van der Waals surface area contributed by atoms with Crippen LogP contribution in [0.3, 0.4) is 0 Å². The van der Waals surface area contributed by atoms with Crippen LogP contribution in [-0.2, 0) is 25.7 Å². The van der Waals surface area contributed by atoms with Gasteiger partial charge in [0.25, 0.3) is 0 Å². The third-order valence-electron chi connectivity index (χ3n) is 5.55. The molecule has 0 unspecified atom stereocenters. The first kappa shape index (κ1) is 24.1. The van der Waals surface area contributed by atoms with Crippen LogP contribution < -0.4 is 9.47 Å². The quantitative estimate of drug-likeness (QED) is 0.474. The first-order valence-electron chi connectivity index (χ1n) is 10.5. The molecule has 0 heterocycles. The Kier molecular flexibility index (Phi) is 7.89. The number of hydrogen-bond acceptors (Lipinski definition) is 9. The minimum atomic E-state index is -0.743. The van der Waals surface area contributed by atoms with E-state index in [1.807, 2.05) is 0 Å². The number of carbonyl (C=O) groups is 3. The van der Waals surface area contributed by atoms with Crippen LogP contribution in [0.25, 0.3) is 0 Å². The molecular weight excluding hydrogens is 432 g/mol. The SMILES string of the molecule is COCc1cc(OC(=O)C2CCC(C(=O)Oc3ccc(O)c(C(=O)OC)c3)CC2)ccc1O. The average Bonchev–Trinajstić information content (AvgIpc) is 2.82. The lowest BCUT2D eigenvalue weighted by molar-refractivity contribution is -0.145. The molecule has 1 aliphatic rings. The van der Waals surface area contributed by atoms with E-state index in [1.54, 1.807) is 6.07 Å². The lowest BCUT2D eigenvalue weighted by Crippen LogP contribution is -2.30. The maximum atomic E-state index is 12.6. The van der Waals surface area contributed by atoms with Crippen LogP contribution in [-0.4, -0.2) is 42.3 Å². The Balaban J connectivity index is 1.54. The van der Waals surface area contributed by atoms with Gasteiger partial charge in [0.2, 0.25) is 0 Å². The Hall–Kier alpha value is -3.59. The van der Waals surface area contributed by atoms with Crippen LogP contribution in [0.15, 0.2) is 36.4 Å². The molecule has 3 rings (SSSR count). The summed E-state index contributed by atoms with van der Waals surface area (Å²) in [6, 6.07) is 8.40. The van der Waals surface area contributed by atoms with Crippen LogP contribution in [0.4, 0.5) is 0 Å². The van der Waals surface area contributed by atoms with Gasteiger partial charge < -0.3 is 29.2 Å². The summed E-state index contributed by atoms with van der Waals surface area (Å²) >= 11 is 0. The largest absolute Gasteiger partial charge is 0.508 e. The van der Waals surface area contributed by atoms with Crippen molar-refractivity contribution in [3.8, 4) is 23.0 Å². The predicted octanol–water partition coefficient (Wildman–Crippen LogP) is 3.35. The summed E-state index contributed by atoms with van der Waals surface area (Å²) in [5.74, 6) is -2.12. The molecule has 0 aliphatic heterocycles. The first-order valence-corrected chi connectivity index (χ1v) is 10.5. The topological polar surface area (TPSA) is 129 Å². The molecule has 0 atom stereocenters. The van der Waals surface area contributed by atoms with Crippen LogP contribution in [0.5, 0.6) is 23.0 Å². The Morgan fingerprint density at radius 2 is 1.33 bits per heavy atom. The fourth-order valence-electron chi connectivity index (χ4n) is 3.71. The van der Waals surface area contributed by atoms with Crippen LogP contribution in [0.1, 0.15) is 41.6 Å². The third kappa shape index (κ3) is 6.01. The van der Waals surface area contributed by atoms with E-state index >= 15 is 0 Å². The van der Waals surface area contributed by atoms with E-state index in [0.717, 1.165) is 0 Å². The van der Waals surface area contributed by atoms with E-state index in [9.17, 15) is 24.6 Å². The standard InChI is InChI=1S/C24H26O9/c1-30-13-16-11-17(7-9-20(16)25)32-22(27)14-3-5-15(6-4-14)23(28)33-18-8-10-21(26)19(12-18)24(29)31-2/h7-12,14-15,25-26H,3-6,13H2,1-2H3. The molecular formula is C24H26O9. The van der Waals surface area contributed by atoms with Crippen LogP contribution in [0, 0.1) is 11.8 Å². The second-order valence-electron chi connectivity index (χ2n) is 7.78. The highest BCUT2D eigenvalue weighted by molar-refractivity contribution is 5.93. The summed E-state index contributed by atoms with van der Waals surface area (Å²) in [6.07, 6.45) is 1.82. The fraction of sp³-hybridized carbons (Fsp3) is 0.375. The van der Waals surface area contributed by atoms with E-state index in [1.165, 1.54) is 44.6 Å². The van der Waals surface area contributed by atoms with Gasteiger partial charge in [-0.1, -0.05) is 0 Å². The molecule has 2 aromatic carbocycles. The summed E-state index contributed by atoms with van der Waals surface area (Å²) in [7, 11) is 2.69. The summed E-state index contributed by atoms with van der Waals surface area (Å²) in [4.78, 5) is 36.8. The fourth-order valence-corrected chi connectivity index (χ4v) is 3.71. The molecule has 1 aliphatic carbocycles. The highest BCUT2D eigenvalue weighted by Crippen LogP contribution is 2.33. The van der Waals surface area contributed by atoms with Crippen molar-refractivity contribution in [2.75, 3.05) is 14.2 Å². The second-order valence-corrected chi connectivity index (χ2v) is 7.78. The zero-order valence-corrected chi connectivity index (χ0v) is 18.4. The Labute approximate surface area is 190 Å². The number of rotatable bonds is 7. The first-order chi connectivity index (χ1) is 15.8. The number of hydrogen-bond donors (Lipinski definition) is 2. The van der Waals surface area contributed by atoms with Crippen molar-refractivity contribution in [1.29, 1.82) is 0 Å². The van der Waals surface area contributed by atoms with Crippen molar-refractivity contribution in [2.45, 2.75) is 32.3 Å². The molecule has 0 aromatic heterocycles. The van der Waals surface area contributed by atoms with Gasteiger partial charge in [-0.15, -0.1) is 0 Å². The number of phenols is 2. The summed E-state index contributed by atoms with van der Waals surface area (Å²) in [6.45, 7) is 0.187. The molecule has 176 valence electrons. The molecule has 1 fully saturated rings. The minimum Gasteiger partial charge on any atom is -0.508 e. The Bertz CT molecular complexity index is 1020. The smallest absolute Gasteiger partial charge is 0.341 e. The molecule has 0 saturated heterocycles. The van der Waals surface area contributed by atoms with Crippen molar-refractivity contribution in [3.05, 3.63) is 47.5 Å². The molecule has 33 heavy (non-hydrogen) atoms. The maximum Gasteiger partial charge on any atom is 0.341 e. The predicted molar refractivity (Wildman–Crippen MR) is 115 cm³/mol. The zero-order chi connectivity index (χ0) is 24.0. The molecule has 0 amide bonds. The van der Waals surface area contributed by atoms with Gasteiger partial charge in [0, 0.05) is 12.7 Å². The second kappa shape index (κ2) is 10.8. The lowest BCUT2D eigenvalue weighted by Gasteiger charge is -2.26.